The number of nitrogens with zero attached hydrogens (tertiary/aromatic N) is 2. The summed E-state index contributed by atoms with van der Waals surface area (Å²) in [4.78, 5) is 27.2. The molecule has 0 radical (unpaired) electrons. The third kappa shape index (κ3) is 5.95. The fraction of sp³-hybridized carbons (Fsp3) is 0.680. The zero-order valence-electron chi connectivity index (χ0n) is 19.7. The molecule has 182 valence electrons. The van der Waals surface area contributed by atoms with Crippen LogP contribution >= 0.6 is 0 Å². The summed E-state index contributed by atoms with van der Waals surface area (Å²) in [6, 6.07) is 2.31. The summed E-state index contributed by atoms with van der Waals surface area (Å²) in [5.41, 5.74) is -0.463. The molecule has 6 nitrogen and oxygen atoms in total. The maximum atomic E-state index is 14.3. The average Bonchev–Trinajstić information content (AvgIpc) is 3.68. The number of likely N-dealkylation sites (N-methyl/N-ethyl adjacent to an activating group) is 1. The van der Waals surface area contributed by atoms with Crippen LogP contribution in [0.2, 0.25) is 0 Å². The summed E-state index contributed by atoms with van der Waals surface area (Å²) in [5.74, 6) is 0.0849. The van der Waals surface area contributed by atoms with Crippen molar-refractivity contribution in [2.45, 2.75) is 57.5 Å². The topological polar surface area (TPSA) is 59.1 Å². The molecule has 0 bridgehead atoms. The van der Waals surface area contributed by atoms with E-state index < -0.39 is 11.6 Å². The summed E-state index contributed by atoms with van der Waals surface area (Å²) in [7, 11) is 3.10. The van der Waals surface area contributed by atoms with Gasteiger partial charge in [-0.25, -0.2) is 13.6 Å². The Labute approximate surface area is 194 Å². The number of rotatable bonds is 8. The van der Waals surface area contributed by atoms with Gasteiger partial charge in [0, 0.05) is 44.9 Å². The molecule has 2 saturated carbocycles. The molecule has 1 aliphatic heterocycles. The van der Waals surface area contributed by atoms with E-state index in [1.54, 1.807) is 14.1 Å². The van der Waals surface area contributed by atoms with E-state index in [1.165, 1.54) is 4.90 Å². The molecule has 33 heavy (non-hydrogen) atoms. The van der Waals surface area contributed by atoms with Crippen molar-refractivity contribution in [3.8, 4) is 5.75 Å². The lowest BCUT2D eigenvalue weighted by Crippen LogP contribution is -2.40. The zero-order valence-corrected chi connectivity index (χ0v) is 19.7. The van der Waals surface area contributed by atoms with Crippen molar-refractivity contribution in [1.29, 1.82) is 0 Å². The lowest BCUT2D eigenvalue weighted by Gasteiger charge is -2.32. The van der Waals surface area contributed by atoms with Gasteiger partial charge in [-0.15, -0.1) is 0 Å². The molecule has 2 amide bonds. The van der Waals surface area contributed by atoms with Crippen LogP contribution in [0.25, 0.3) is 0 Å². The van der Waals surface area contributed by atoms with Crippen molar-refractivity contribution in [3.63, 3.8) is 0 Å². The Morgan fingerprint density at radius 1 is 1.15 bits per heavy atom. The predicted molar refractivity (Wildman–Crippen MR) is 119 cm³/mol. The van der Waals surface area contributed by atoms with Gasteiger partial charge in [0.1, 0.15) is 23.0 Å². The Bertz CT molecular complexity index is 871. The summed E-state index contributed by atoms with van der Waals surface area (Å²) in [6.45, 7) is 3.89. The number of carbonyl (C=O) groups is 2. The second-order valence-electron chi connectivity index (χ2n) is 10.3. The highest BCUT2D eigenvalue weighted by atomic mass is 19.1. The quantitative estimate of drug-likeness (QED) is 0.572. The van der Waals surface area contributed by atoms with Crippen LogP contribution in [0.4, 0.5) is 13.6 Å². The molecule has 0 N–H and O–H groups in total. The van der Waals surface area contributed by atoms with Crippen molar-refractivity contribution >= 4 is 12.0 Å². The summed E-state index contributed by atoms with van der Waals surface area (Å²) >= 11 is 0. The van der Waals surface area contributed by atoms with Gasteiger partial charge in [-0.1, -0.05) is 0 Å². The highest BCUT2D eigenvalue weighted by Gasteiger charge is 2.45. The van der Waals surface area contributed by atoms with Crippen LogP contribution in [-0.2, 0) is 16.0 Å². The zero-order chi connectivity index (χ0) is 23.8. The van der Waals surface area contributed by atoms with Gasteiger partial charge in [0.15, 0.2) is 0 Å². The maximum Gasteiger partial charge on any atom is 0.410 e. The van der Waals surface area contributed by atoms with E-state index in [4.69, 9.17) is 9.47 Å². The molecule has 8 heteroatoms. The fourth-order valence-electron chi connectivity index (χ4n) is 4.71. The average molecular weight is 465 g/mol. The van der Waals surface area contributed by atoms with Crippen molar-refractivity contribution in [3.05, 3.63) is 29.3 Å². The van der Waals surface area contributed by atoms with E-state index in [0.29, 0.717) is 24.4 Å². The third-order valence-electron chi connectivity index (χ3n) is 7.37. The molecular weight excluding hydrogens is 430 g/mol. The van der Waals surface area contributed by atoms with Crippen LogP contribution in [0.1, 0.15) is 51.0 Å². The molecule has 1 aromatic carbocycles. The van der Waals surface area contributed by atoms with Gasteiger partial charge in [0.05, 0.1) is 13.0 Å². The van der Waals surface area contributed by atoms with Crippen molar-refractivity contribution in [2.24, 2.45) is 17.8 Å². The number of hydrogen-bond donors (Lipinski definition) is 0. The SMILES string of the molecule is CN(C)C(=O)Cc1c(F)cc(OCC[C@@H]2C[C@H]2C2CCN(C(=O)OC3(C)CC3)CC2)cc1F. The van der Waals surface area contributed by atoms with Gasteiger partial charge in [-0.2, -0.15) is 0 Å². The second-order valence-corrected chi connectivity index (χ2v) is 10.3. The first-order chi connectivity index (χ1) is 15.6. The summed E-state index contributed by atoms with van der Waals surface area (Å²) in [5, 5.41) is 0. The predicted octanol–water partition coefficient (Wildman–Crippen LogP) is 4.40. The van der Waals surface area contributed by atoms with Gasteiger partial charge in [-0.05, 0) is 63.2 Å². The van der Waals surface area contributed by atoms with E-state index in [2.05, 4.69) is 0 Å². The van der Waals surface area contributed by atoms with Crippen LogP contribution in [0.5, 0.6) is 5.75 Å². The van der Waals surface area contributed by atoms with Crippen LogP contribution in [0, 0.1) is 29.4 Å². The van der Waals surface area contributed by atoms with Crippen molar-refractivity contribution in [1.82, 2.24) is 9.80 Å². The van der Waals surface area contributed by atoms with Crippen LogP contribution in [0.3, 0.4) is 0 Å². The number of benzene rings is 1. The molecule has 4 rings (SSSR count). The first-order valence-corrected chi connectivity index (χ1v) is 11.9. The minimum Gasteiger partial charge on any atom is -0.493 e. The van der Waals surface area contributed by atoms with E-state index in [9.17, 15) is 18.4 Å². The van der Waals surface area contributed by atoms with Gasteiger partial charge in [-0.3, -0.25) is 4.79 Å². The number of carbonyl (C=O) groups excluding carboxylic acids is 2. The molecular formula is C25H34F2N2O4. The number of halogens is 2. The number of amides is 2. The number of hydrogen-bond acceptors (Lipinski definition) is 4. The molecule has 0 unspecified atom stereocenters. The van der Waals surface area contributed by atoms with Gasteiger partial charge >= 0.3 is 6.09 Å². The Morgan fingerprint density at radius 2 is 1.79 bits per heavy atom. The standard InChI is InChI=1S/C25H34F2N2O4/c1-25(7-8-25)33-24(31)29-9-4-16(5-10-29)19-12-17(19)6-11-32-18-13-21(26)20(22(27)14-18)15-23(30)28(2)3/h13-14,16-17,19H,4-12,15H2,1-3H3/t17-,19+/m1/s1. The highest BCUT2D eigenvalue weighted by Crippen LogP contribution is 2.50. The van der Waals surface area contributed by atoms with Crippen LogP contribution < -0.4 is 4.74 Å². The molecule has 3 aliphatic rings. The first-order valence-electron chi connectivity index (χ1n) is 11.9. The molecule has 1 heterocycles. The molecule has 0 spiro atoms. The molecule has 1 aromatic rings. The molecule has 3 fully saturated rings. The monoisotopic (exact) mass is 464 g/mol. The lowest BCUT2D eigenvalue weighted by atomic mass is 9.91. The first kappa shape index (κ1) is 23.8. The van der Waals surface area contributed by atoms with Crippen molar-refractivity contribution < 1.29 is 27.8 Å². The Kier molecular flexibility index (Phi) is 6.82. The van der Waals surface area contributed by atoms with E-state index in [1.807, 2.05) is 11.8 Å². The Balaban J connectivity index is 1.17. The van der Waals surface area contributed by atoms with E-state index in [-0.39, 0.29) is 35.3 Å². The normalized spacial score (nSPS) is 23.7. The smallest absolute Gasteiger partial charge is 0.410 e. The summed E-state index contributed by atoms with van der Waals surface area (Å²) < 4.78 is 39.8. The van der Waals surface area contributed by atoms with Gasteiger partial charge < -0.3 is 19.3 Å². The van der Waals surface area contributed by atoms with Crippen LogP contribution in [0.15, 0.2) is 12.1 Å². The largest absolute Gasteiger partial charge is 0.493 e. The summed E-state index contributed by atoms with van der Waals surface area (Å²) in [6.07, 6.45) is 5.41. The van der Waals surface area contributed by atoms with Crippen molar-refractivity contribution in [2.75, 3.05) is 33.8 Å². The second kappa shape index (κ2) is 9.47. The van der Waals surface area contributed by atoms with E-state index in [0.717, 1.165) is 63.7 Å². The number of likely N-dealkylation sites (tertiary alicyclic amines) is 1. The Hall–Kier alpha value is -2.38. The van der Waals surface area contributed by atoms with E-state index >= 15 is 0 Å². The van der Waals surface area contributed by atoms with Crippen LogP contribution in [-0.4, -0.2) is 61.2 Å². The lowest BCUT2D eigenvalue weighted by molar-refractivity contribution is -0.128. The highest BCUT2D eigenvalue weighted by molar-refractivity contribution is 5.78. The van der Waals surface area contributed by atoms with Gasteiger partial charge in [0.25, 0.3) is 0 Å². The minimum atomic E-state index is -0.759. The molecule has 2 atom stereocenters. The maximum absolute atomic E-state index is 14.3. The molecule has 1 saturated heterocycles. The number of ether oxygens (including phenoxy) is 2. The Morgan fingerprint density at radius 3 is 2.36 bits per heavy atom. The van der Waals surface area contributed by atoms with Gasteiger partial charge in [0.2, 0.25) is 5.91 Å². The molecule has 0 aromatic heterocycles. The fourth-order valence-corrected chi connectivity index (χ4v) is 4.71. The third-order valence-corrected chi connectivity index (χ3v) is 7.37. The molecule has 2 aliphatic carbocycles. The number of piperidine rings is 1. The minimum absolute atomic E-state index is 0.152.